The van der Waals surface area contributed by atoms with Crippen LogP contribution in [0.1, 0.15) is 42.5 Å². The van der Waals surface area contributed by atoms with E-state index in [9.17, 15) is 4.79 Å². The van der Waals surface area contributed by atoms with E-state index in [-0.39, 0.29) is 25.9 Å². The molecule has 1 aliphatic carbocycles. The van der Waals surface area contributed by atoms with Crippen LogP contribution in [-0.4, -0.2) is 5.78 Å². The van der Waals surface area contributed by atoms with Crippen molar-refractivity contribution in [3.63, 3.8) is 0 Å². The van der Waals surface area contributed by atoms with Gasteiger partial charge in [-0.2, -0.15) is 0 Å². The zero-order valence-electron chi connectivity index (χ0n) is 9.61. The van der Waals surface area contributed by atoms with E-state index in [0.29, 0.717) is 17.9 Å². The lowest BCUT2D eigenvalue weighted by Gasteiger charge is -2.12. The predicted octanol–water partition coefficient (Wildman–Crippen LogP) is 6.06. The van der Waals surface area contributed by atoms with Crippen LogP contribution in [0.5, 0.6) is 0 Å². The van der Waals surface area contributed by atoms with Crippen LogP contribution in [0.25, 0.3) is 0 Å². The molecule has 0 aromatic heterocycles. The average molecular weight is 326 g/mol. The van der Waals surface area contributed by atoms with Crippen molar-refractivity contribution >= 4 is 52.2 Å². The van der Waals surface area contributed by atoms with Gasteiger partial charge in [0.25, 0.3) is 0 Å². The van der Waals surface area contributed by atoms with Gasteiger partial charge in [-0.1, -0.05) is 72.1 Å². The van der Waals surface area contributed by atoms with E-state index in [0.717, 1.165) is 12.8 Å². The molecular weight excluding hydrogens is 314 g/mol. The van der Waals surface area contributed by atoms with Crippen molar-refractivity contribution in [2.75, 3.05) is 0 Å². The summed E-state index contributed by atoms with van der Waals surface area (Å²) in [5.41, 5.74) is 0.305. The van der Waals surface area contributed by atoms with Gasteiger partial charge in [-0.05, 0) is 12.0 Å². The van der Waals surface area contributed by atoms with Gasteiger partial charge in [0.1, 0.15) is 0 Å². The second-order valence-corrected chi connectivity index (χ2v) is 6.19. The van der Waals surface area contributed by atoms with Crippen LogP contribution < -0.4 is 0 Å². The minimum atomic E-state index is -0.0459. The molecule has 5 heteroatoms. The summed E-state index contributed by atoms with van der Waals surface area (Å²) in [6, 6.07) is 1.47. The number of rotatable bonds is 3. The highest BCUT2D eigenvalue weighted by molar-refractivity contribution is 6.51. The molecule has 1 aliphatic rings. The normalized spacial score (nSPS) is 16.2. The summed E-state index contributed by atoms with van der Waals surface area (Å²) in [4.78, 5) is 12.2. The van der Waals surface area contributed by atoms with Crippen LogP contribution in [0, 0.1) is 5.92 Å². The monoisotopic (exact) mass is 324 g/mol. The van der Waals surface area contributed by atoms with Gasteiger partial charge in [0.05, 0.1) is 25.7 Å². The molecule has 0 unspecified atom stereocenters. The maximum Gasteiger partial charge on any atom is 0.166 e. The molecule has 2 rings (SSSR count). The lowest BCUT2D eigenvalue weighted by atomic mass is 9.97. The van der Waals surface area contributed by atoms with Gasteiger partial charge in [-0.15, -0.1) is 0 Å². The van der Waals surface area contributed by atoms with Gasteiger partial charge in [0.2, 0.25) is 0 Å². The number of carbonyl (C=O) groups is 1. The highest BCUT2D eigenvalue weighted by Gasteiger charge is 2.24. The maximum absolute atomic E-state index is 12.2. The van der Waals surface area contributed by atoms with Crippen LogP contribution in [0.4, 0.5) is 0 Å². The van der Waals surface area contributed by atoms with Crippen molar-refractivity contribution in [2.24, 2.45) is 5.92 Å². The topological polar surface area (TPSA) is 17.1 Å². The minimum absolute atomic E-state index is 0.0459. The summed E-state index contributed by atoms with van der Waals surface area (Å²) < 4.78 is 0. The van der Waals surface area contributed by atoms with Crippen molar-refractivity contribution in [2.45, 2.75) is 32.1 Å². The van der Waals surface area contributed by atoms with E-state index >= 15 is 0 Å². The third-order valence-corrected chi connectivity index (χ3v) is 4.90. The van der Waals surface area contributed by atoms with Crippen LogP contribution >= 0.6 is 46.4 Å². The van der Waals surface area contributed by atoms with Crippen LogP contribution in [0.3, 0.4) is 0 Å². The molecule has 0 N–H and O–H groups in total. The van der Waals surface area contributed by atoms with E-state index in [1.54, 1.807) is 0 Å². The summed E-state index contributed by atoms with van der Waals surface area (Å²) in [7, 11) is 0. The van der Waals surface area contributed by atoms with Gasteiger partial charge in [0.15, 0.2) is 5.78 Å². The summed E-state index contributed by atoms with van der Waals surface area (Å²) in [6.07, 6.45) is 5.07. The van der Waals surface area contributed by atoms with Crippen molar-refractivity contribution in [3.8, 4) is 0 Å². The number of Topliss-reactive ketones (excluding diaryl/α,β-unsaturated/α-hetero) is 1. The van der Waals surface area contributed by atoms with Crippen LogP contribution in [0.15, 0.2) is 6.07 Å². The van der Waals surface area contributed by atoms with Crippen molar-refractivity contribution in [1.29, 1.82) is 0 Å². The van der Waals surface area contributed by atoms with E-state index in [4.69, 9.17) is 46.4 Å². The average Bonchev–Trinajstić information content (AvgIpc) is 2.78. The second kappa shape index (κ2) is 6.00. The van der Waals surface area contributed by atoms with Gasteiger partial charge < -0.3 is 0 Å². The molecule has 1 aromatic rings. The van der Waals surface area contributed by atoms with Gasteiger partial charge in [0, 0.05) is 6.42 Å². The molecule has 0 saturated heterocycles. The fraction of sp³-hybridized carbons (Fsp3) is 0.462. The van der Waals surface area contributed by atoms with Gasteiger partial charge >= 0.3 is 0 Å². The van der Waals surface area contributed by atoms with Crippen LogP contribution in [0.2, 0.25) is 20.1 Å². The Morgan fingerprint density at radius 3 is 2.28 bits per heavy atom. The van der Waals surface area contributed by atoms with Gasteiger partial charge in [-0.3, -0.25) is 4.79 Å². The number of halogens is 4. The Balaban J connectivity index is 2.26. The Labute approximate surface area is 126 Å². The molecule has 0 bridgehead atoms. The first-order chi connectivity index (χ1) is 8.50. The molecule has 18 heavy (non-hydrogen) atoms. The number of hydrogen-bond acceptors (Lipinski definition) is 1. The molecule has 0 radical (unpaired) electrons. The smallest absolute Gasteiger partial charge is 0.166 e. The van der Waals surface area contributed by atoms with Crippen molar-refractivity contribution in [1.82, 2.24) is 0 Å². The minimum Gasteiger partial charge on any atom is -0.294 e. The molecule has 0 spiro atoms. The third kappa shape index (κ3) is 2.96. The Morgan fingerprint density at radius 2 is 1.67 bits per heavy atom. The standard InChI is InChI=1S/C13H12Cl4O/c14-8-6-9(15)12(16)13(17)11(8)10(18)5-7-3-1-2-4-7/h6-7H,1-5H2. The highest BCUT2D eigenvalue weighted by Crippen LogP contribution is 2.39. The first kappa shape index (κ1) is 14.5. The Morgan fingerprint density at radius 1 is 1.06 bits per heavy atom. The molecule has 0 aliphatic heterocycles. The Kier molecular flexibility index (Phi) is 4.82. The number of benzene rings is 1. The molecule has 0 heterocycles. The van der Waals surface area contributed by atoms with Crippen molar-refractivity contribution < 1.29 is 4.79 Å². The molecule has 0 amide bonds. The fourth-order valence-corrected chi connectivity index (χ4v) is 3.52. The molecule has 1 nitrogen and oxygen atoms in total. The molecule has 1 fully saturated rings. The van der Waals surface area contributed by atoms with E-state index in [1.807, 2.05) is 0 Å². The van der Waals surface area contributed by atoms with E-state index in [1.165, 1.54) is 18.9 Å². The fourth-order valence-electron chi connectivity index (χ4n) is 2.40. The van der Waals surface area contributed by atoms with Crippen LogP contribution in [-0.2, 0) is 0 Å². The highest BCUT2D eigenvalue weighted by atomic mass is 35.5. The first-order valence-corrected chi connectivity index (χ1v) is 7.38. The number of carbonyl (C=O) groups excluding carboxylic acids is 1. The summed E-state index contributed by atoms with van der Waals surface area (Å²) in [5, 5.41) is 0.899. The Bertz CT molecular complexity index is 478. The molecular formula is C13H12Cl4O. The van der Waals surface area contributed by atoms with Crippen molar-refractivity contribution in [3.05, 3.63) is 31.7 Å². The van der Waals surface area contributed by atoms with Gasteiger partial charge in [-0.25, -0.2) is 0 Å². The zero-order chi connectivity index (χ0) is 13.3. The molecule has 1 aromatic carbocycles. The quantitative estimate of drug-likeness (QED) is 0.375. The second-order valence-electron chi connectivity index (χ2n) is 4.62. The molecule has 98 valence electrons. The van der Waals surface area contributed by atoms with E-state index < -0.39 is 0 Å². The Hall–Kier alpha value is 0.0500. The first-order valence-electron chi connectivity index (χ1n) is 5.87. The predicted molar refractivity (Wildman–Crippen MR) is 77.4 cm³/mol. The number of hydrogen-bond donors (Lipinski definition) is 0. The summed E-state index contributed by atoms with van der Waals surface area (Å²) in [6.45, 7) is 0. The largest absolute Gasteiger partial charge is 0.294 e. The third-order valence-electron chi connectivity index (χ3n) is 3.34. The van der Waals surface area contributed by atoms with E-state index in [2.05, 4.69) is 0 Å². The molecule has 0 atom stereocenters. The zero-order valence-corrected chi connectivity index (χ0v) is 12.6. The lowest BCUT2D eigenvalue weighted by Crippen LogP contribution is -2.07. The maximum atomic E-state index is 12.2. The summed E-state index contributed by atoms with van der Waals surface area (Å²) in [5.74, 6) is 0.398. The summed E-state index contributed by atoms with van der Waals surface area (Å²) >= 11 is 23.9. The number of ketones is 1. The molecule has 1 saturated carbocycles. The lowest BCUT2D eigenvalue weighted by molar-refractivity contribution is 0.0962. The SMILES string of the molecule is O=C(CC1CCCC1)c1c(Cl)cc(Cl)c(Cl)c1Cl.